The molecule has 20 heteroatoms. The summed E-state index contributed by atoms with van der Waals surface area (Å²) in [6, 6.07) is 9.60. The second-order valence-electron chi connectivity index (χ2n) is 14.2. The Morgan fingerprint density at radius 1 is 0.911 bits per heavy atom. The largest absolute Gasteiger partial charge is 0.748 e. The van der Waals surface area contributed by atoms with Gasteiger partial charge in [-0.25, -0.2) is 13.7 Å². The average molecular weight is 859 g/mol. The molecule has 0 aliphatic carbocycles. The Labute approximate surface area is 331 Å². The molecule has 0 fully saturated rings. The lowest BCUT2D eigenvalue weighted by Gasteiger charge is -2.30. The Hall–Kier alpha value is -3.44. The normalized spacial score (nSPS) is 19.1. The van der Waals surface area contributed by atoms with E-state index < -0.39 is 58.7 Å². The SMILES string of the molecule is CC1(C)C(/C=C/C=C/C=C2/N(CCCS(=O)(=O)[O-])c3ccc(SOOO)cc3C2(C)CCCS(=O)(=O)O)=[N+](CCCCCC(=O)O)c2ccc(S(=O)(=O)O)cc21. The fourth-order valence-electron chi connectivity index (χ4n) is 7.29. The number of fused-ring (bicyclic) bond motifs is 2. The molecular weight excluding hydrogens is 813 g/mol. The van der Waals surface area contributed by atoms with E-state index >= 15 is 0 Å². The van der Waals surface area contributed by atoms with E-state index in [9.17, 15) is 43.7 Å². The molecule has 308 valence electrons. The Morgan fingerprint density at radius 2 is 1.64 bits per heavy atom. The van der Waals surface area contributed by atoms with Crippen molar-refractivity contribution >= 4 is 65.5 Å². The lowest BCUT2D eigenvalue weighted by atomic mass is 9.77. The highest BCUT2D eigenvalue weighted by atomic mass is 32.2. The van der Waals surface area contributed by atoms with Gasteiger partial charge in [-0.3, -0.25) is 13.9 Å². The fourth-order valence-corrected chi connectivity index (χ4v) is 9.18. The summed E-state index contributed by atoms with van der Waals surface area (Å²) in [6.07, 6.45) is 11.1. The number of hydrogen-bond acceptors (Lipinski definition) is 13. The maximum absolute atomic E-state index is 12.0. The number of nitrogens with zero attached hydrogens (tertiary/aromatic N) is 2. The highest BCUT2D eigenvalue weighted by molar-refractivity contribution is 7.94. The van der Waals surface area contributed by atoms with Crippen LogP contribution < -0.4 is 4.90 Å². The third-order valence-corrected chi connectivity index (χ3v) is 12.9. The molecule has 2 heterocycles. The third kappa shape index (κ3) is 11.6. The molecule has 4 N–H and O–H groups in total. The van der Waals surface area contributed by atoms with Crippen molar-refractivity contribution in [3.05, 3.63) is 83.6 Å². The van der Waals surface area contributed by atoms with Crippen molar-refractivity contribution in [3.63, 3.8) is 0 Å². The molecule has 56 heavy (non-hydrogen) atoms. The molecular formula is C36H46N2O14S4. The van der Waals surface area contributed by atoms with E-state index in [1.54, 1.807) is 48.6 Å². The summed E-state index contributed by atoms with van der Waals surface area (Å²) < 4.78 is 108. The van der Waals surface area contributed by atoms with Gasteiger partial charge in [-0.2, -0.15) is 21.4 Å². The molecule has 0 saturated heterocycles. The Balaban J connectivity index is 1.74. The number of benzene rings is 2. The number of allylic oxidation sites excluding steroid dienone is 6. The maximum Gasteiger partial charge on any atom is 0.303 e. The molecule has 0 radical (unpaired) electrons. The molecule has 16 nitrogen and oxygen atoms in total. The monoisotopic (exact) mass is 858 g/mol. The number of anilines is 1. The fraction of sp³-hybridized carbons (Fsp3) is 0.444. The van der Waals surface area contributed by atoms with Gasteiger partial charge in [0.15, 0.2) is 5.71 Å². The van der Waals surface area contributed by atoms with Crippen molar-refractivity contribution in [2.75, 3.05) is 29.5 Å². The lowest BCUT2D eigenvalue weighted by molar-refractivity contribution is -0.438. The molecule has 0 aromatic heterocycles. The van der Waals surface area contributed by atoms with Gasteiger partial charge in [0.25, 0.3) is 20.2 Å². The molecule has 2 aromatic carbocycles. The Morgan fingerprint density at radius 3 is 2.29 bits per heavy atom. The van der Waals surface area contributed by atoms with E-state index in [1.165, 1.54) is 12.1 Å². The standard InChI is InChI=1S/C36H46N2O14S4/c1-35(2)28-25-27(56(48,49)50)16-18-30(28)37(20-9-5-8-14-34(39)40)32(35)12-6-4-7-13-33-36(3,19-10-22-54(42,43)44)29-24-26(53-52-51-41)15-17-31(29)38(33)21-11-23-55(45,46)47/h4,6-7,12-13,15-18,24-25H,5,8-11,14,19-23H2,1-3H3,(H4-,39,40,41,42,43,44,45,46,47,48,49,50). The van der Waals surface area contributed by atoms with E-state index in [0.29, 0.717) is 53.2 Å². The van der Waals surface area contributed by atoms with Gasteiger partial charge < -0.3 is 14.6 Å². The zero-order valence-electron chi connectivity index (χ0n) is 31.0. The zero-order valence-corrected chi connectivity index (χ0v) is 34.3. The first kappa shape index (κ1) is 45.3. The quantitative estimate of drug-likeness (QED) is 0.0222. The summed E-state index contributed by atoms with van der Waals surface area (Å²) in [4.78, 5) is 13.2. The number of aliphatic carboxylic acids is 1. The van der Waals surface area contributed by atoms with Gasteiger partial charge in [0.05, 0.1) is 38.2 Å². The van der Waals surface area contributed by atoms with E-state index in [1.807, 2.05) is 36.3 Å². The van der Waals surface area contributed by atoms with Gasteiger partial charge in [0.1, 0.15) is 6.54 Å². The molecule has 1 unspecified atom stereocenters. The minimum absolute atomic E-state index is 0.00923. The number of carboxylic acid groups (broad SMARTS) is 1. The van der Waals surface area contributed by atoms with E-state index in [0.717, 1.165) is 23.4 Å². The van der Waals surface area contributed by atoms with Crippen LogP contribution in [-0.4, -0.2) is 90.1 Å². The number of carbonyl (C=O) groups is 1. The third-order valence-electron chi connectivity index (χ3n) is 9.89. The Bertz CT molecular complexity index is 2250. The number of hydrogen-bond donors (Lipinski definition) is 4. The number of unbranched alkanes of at least 4 members (excludes halogenated alkanes) is 2. The van der Waals surface area contributed by atoms with Crippen LogP contribution in [0.4, 0.5) is 11.4 Å². The van der Waals surface area contributed by atoms with Crippen LogP contribution in [0.3, 0.4) is 0 Å². The summed E-state index contributed by atoms with van der Waals surface area (Å²) in [7, 11) is -13.3. The number of carboxylic acids is 1. The summed E-state index contributed by atoms with van der Waals surface area (Å²) in [5.41, 5.74) is 2.67. The van der Waals surface area contributed by atoms with Crippen molar-refractivity contribution < 1.29 is 68.0 Å². The predicted octanol–water partition coefficient (Wildman–Crippen LogP) is 5.76. The van der Waals surface area contributed by atoms with Crippen LogP contribution in [0.25, 0.3) is 0 Å². The lowest BCUT2D eigenvalue weighted by Crippen LogP contribution is -2.30. The first-order valence-corrected chi connectivity index (χ1v) is 22.9. The van der Waals surface area contributed by atoms with Crippen molar-refractivity contribution in [2.45, 2.75) is 86.3 Å². The summed E-state index contributed by atoms with van der Waals surface area (Å²) in [6.45, 7) is 6.36. The Kier molecular flexibility index (Phi) is 14.9. The average Bonchev–Trinajstić information content (AvgIpc) is 3.44. The van der Waals surface area contributed by atoms with Crippen LogP contribution in [0.2, 0.25) is 0 Å². The van der Waals surface area contributed by atoms with E-state index in [2.05, 4.69) is 9.37 Å². The number of rotatable bonds is 21. The molecule has 0 amide bonds. The van der Waals surface area contributed by atoms with Gasteiger partial charge in [0.2, 0.25) is 5.69 Å². The predicted molar refractivity (Wildman–Crippen MR) is 208 cm³/mol. The highest BCUT2D eigenvalue weighted by Crippen LogP contribution is 2.51. The first-order chi connectivity index (χ1) is 26.1. The maximum atomic E-state index is 12.0. The summed E-state index contributed by atoms with van der Waals surface area (Å²) in [5.74, 6) is -2.00. The van der Waals surface area contributed by atoms with Gasteiger partial charge >= 0.3 is 5.97 Å². The van der Waals surface area contributed by atoms with Crippen molar-refractivity contribution in [3.8, 4) is 0 Å². The van der Waals surface area contributed by atoms with Crippen LogP contribution >= 0.6 is 12.0 Å². The van der Waals surface area contributed by atoms with Crippen LogP contribution in [0.1, 0.15) is 76.8 Å². The minimum atomic E-state index is -4.52. The highest BCUT2D eigenvalue weighted by Gasteiger charge is 2.45. The van der Waals surface area contributed by atoms with E-state index in [-0.39, 0.29) is 37.1 Å². The minimum Gasteiger partial charge on any atom is -0.748 e. The van der Waals surface area contributed by atoms with Gasteiger partial charge in [-0.05, 0) is 94.8 Å². The van der Waals surface area contributed by atoms with Gasteiger partial charge in [0, 0.05) is 64.5 Å². The molecule has 0 bridgehead atoms. The van der Waals surface area contributed by atoms with Crippen LogP contribution in [-0.2, 0) is 55.4 Å². The van der Waals surface area contributed by atoms with Gasteiger partial charge in [-0.15, -0.1) is 4.33 Å². The molecule has 2 aliphatic heterocycles. The summed E-state index contributed by atoms with van der Waals surface area (Å²) in [5, 5.41) is 21.5. The van der Waals surface area contributed by atoms with E-state index in [4.69, 9.17) is 10.4 Å². The van der Waals surface area contributed by atoms with Crippen molar-refractivity contribution in [1.29, 1.82) is 0 Å². The van der Waals surface area contributed by atoms with Gasteiger partial charge in [-0.1, -0.05) is 23.3 Å². The molecule has 2 aliphatic rings. The van der Waals surface area contributed by atoms with Crippen molar-refractivity contribution in [1.82, 2.24) is 0 Å². The second kappa shape index (κ2) is 18.4. The van der Waals surface area contributed by atoms with Crippen molar-refractivity contribution in [2.24, 2.45) is 0 Å². The van der Waals surface area contributed by atoms with Crippen LogP contribution in [0.15, 0.2) is 82.3 Å². The molecule has 0 saturated carbocycles. The topological polar surface area (TPSA) is 248 Å². The molecule has 2 aromatic rings. The molecule has 0 spiro atoms. The molecule has 1 atom stereocenters. The first-order valence-electron chi connectivity index (χ1n) is 17.6. The van der Waals surface area contributed by atoms with Crippen LogP contribution in [0, 0.1) is 0 Å². The zero-order chi connectivity index (χ0) is 41.5. The molecule has 4 rings (SSSR count). The smallest absolute Gasteiger partial charge is 0.303 e. The second-order valence-corrected chi connectivity index (χ2v) is 19.5. The van der Waals surface area contributed by atoms with Crippen LogP contribution in [0.5, 0.6) is 0 Å². The summed E-state index contributed by atoms with van der Waals surface area (Å²) >= 11 is 0.719.